The third-order valence-corrected chi connectivity index (χ3v) is 6.15. The molecule has 15 heavy (non-hydrogen) atoms. The summed E-state index contributed by atoms with van der Waals surface area (Å²) in [5, 5.41) is 0. The molecule has 2 rings (SSSR count). The smallest absolute Gasteiger partial charge is 0.277 e. The van der Waals surface area contributed by atoms with Crippen LogP contribution in [-0.4, -0.2) is 17.7 Å². The highest BCUT2D eigenvalue weighted by atomic mass is 32.2. The fourth-order valence-corrected chi connectivity index (χ4v) is 5.36. The van der Waals surface area contributed by atoms with E-state index in [1.807, 2.05) is 20.8 Å². The van der Waals surface area contributed by atoms with E-state index in [9.17, 15) is 13.0 Å². The number of hydrogen-bond donors (Lipinski definition) is 2. The third-order valence-electron chi connectivity index (χ3n) is 4.31. The van der Waals surface area contributed by atoms with Crippen LogP contribution in [0.5, 0.6) is 0 Å². The van der Waals surface area contributed by atoms with Crippen LogP contribution in [0.3, 0.4) is 0 Å². The molecule has 0 aromatic heterocycles. The van der Waals surface area contributed by atoms with Gasteiger partial charge in [0.05, 0.1) is 0 Å². The van der Waals surface area contributed by atoms with Gasteiger partial charge in [-0.3, -0.25) is 4.55 Å². The molecule has 2 unspecified atom stereocenters. The van der Waals surface area contributed by atoms with Crippen LogP contribution >= 0.6 is 0 Å². The standard InChI is InChI=1S/C10H17NO3S/c1-6-4-5-7-9(2,3)10(7,8(6)11)15(12,13)14/h7H,4-5,11H2,1-3H3,(H,12,13,14). The van der Waals surface area contributed by atoms with Gasteiger partial charge in [0.15, 0.2) is 0 Å². The molecule has 4 nitrogen and oxygen atoms in total. The SMILES string of the molecule is CC1=C(N)C2(S(=O)(=O)O)C(CC1)C2(C)C. The summed E-state index contributed by atoms with van der Waals surface area (Å²) in [6.45, 7) is 5.56. The second-order valence-corrected chi connectivity index (χ2v) is 6.81. The Morgan fingerprint density at radius 3 is 2.40 bits per heavy atom. The van der Waals surface area contributed by atoms with Crippen LogP contribution in [0.1, 0.15) is 33.6 Å². The van der Waals surface area contributed by atoms with Gasteiger partial charge >= 0.3 is 0 Å². The normalized spacial score (nSPS) is 38.8. The maximum Gasteiger partial charge on any atom is 0.277 e. The van der Waals surface area contributed by atoms with Gasteiger partial charge in [-0.2, -0.15) is 8.42 Å². The first-order valence-corrected chi connectivity index (χ1v) is 6.54. The molecular weight excluding hydrogens is 214 g/mol. The predicted molar refractivity (Wildman–Crippen MR) is 57.7 cm³/mol. The van der Waals surface area contributed by atoms with Crippen LogP contribution in [0, 0.1) is 11.3 Å². The first-order chi connectivity index (χ1) is 6.67. The summed E-state index contributed by atoms with van der Waals surface area (Å²) < 4.78 is 31.3. The number of rotatable bonds is 1. The molecule has 0 aromatic carbocycles. The van der Waals surface area contributed by atoms with Crippen molar-refractivity contribution >= 4 is 10.1 Å². The van der Waals surface area contributed by atoms with Crippen LogP contribution in [0.4, 0.5) is 0 Å². The maximum atomic E-state index is 11.6. The van der Waals surface area contributed by atoms with E-state index in [1.165, 1.54) is 0 Å². The van der Waals surface area contributed by atoms with Gasteiger partial charge in [0, 0.05) is 5.70 Å². The molecule has 5 heteroatoms. The van der Waals surface area contributed by atoms with Crippen molar-refractivity contribution in [1.29, 1.82) is 0 Å². The van der Waals surface area contributed by atoms with Crippen molar-refractivity contribution in [2.75, 3.05) is 0 Å². The molecule has 0 spiro atoms. The lowest BCUT2D eigenvalue weighted by Crippen LogP contribution is -2.37. The number of hydrogen-bond acceptors (Lipinski definition) is 3. The van der Waals surface area contributed by atoms with Crippen LogP contribution in [0.25, 0.3) is 0 Å². The van der Waals surface area contributed by atoms with Gasteiger partial charge in [-0.15, -0.1) is 0 Å². The Morgan fingerprint density at radius 1 is 1.47 bits per heavy atom. The molecule has 1 saturated carbocycles. The van der Waals surface area contributed by atoms with Crippen LogP contribution < -0.4 is 5.73 Å². The van der Waals surface area contributed by atoms with E-state index in [4.69, 9.17) is 5.73 Å². The van der Waals surface area contributed by atoms with Crippen LogP contribution in [0.15, 0.2) is 11.3 Å². The largest absolute Gasteiger partial charge is 0.401 e. The molecule has 3 N–H and O–H groups in total. The van der Waals surface area contributed by atoms with Crippen LogP contribution in [0.2, 0.25) is 0 Å². The highest BCUT2D eigenvalue weighted by Crippen LogP contribution is 2.72. The highest BCUT2D eigenvalue weighted by molar-refractivity contribution is 7.88. The molecule has 0 aliphatic heterocycles. The molecule has 1 fully saturated rings. The van der Waals surface area contributed by atoms with E-state index in [-0.39, 0.29) is 5.92 Å². The Balaban J connectivity index is 2.68. The van der Waals surface area contributed by atoms with Gasteiger partial charge in [0.1, 0.15) is 4.75 Å². The summed E-state index contributed by atoms with van der Waals surface area (Å²) in [6.07, 6.45) is 1.62. The minimum Gasteiger partial charge on any atom is -0.401 e. The summed E-state index contributed by atoms with van der Waals surface area (Å²) >= 11 is 0. The Hall–Kier alpha value is -0.550. The van der Waals surface area contributed by atoms with Gasteiger partial charge in [0.2, 0.25) is 0 Å². The van der Waals surface area contributed by atoms with Crippen molar-refractivity contribution in [2.24, 2.45) is 17.1 Å². The monoisotopic (exact) mass is 231 g/mol. The quantitative estimate of drug-likeness (QED) is 0.666. The lowest BCUT2D eigenvalue weighted by molar-refractivity contribution is 0.452. The van der Waals surface area contributed by atoms with E-state index < -0.39 is 20.3 Å². The summed E-state index contributed by atoms with van der Waals surface area (Å²) in [5.74, 6) is -0.0382. The van der Waals surface area contributed by atoms with E-state index >= 15 is 0 Å². The van der Waals surface area contributed by atoms with Crippen LogP contribution in [-0.2, 0) is 10.1 Å². The lowest BCUT2D eigenvalue weighted by Gasteiger charge is -2.23. The first kappa shape index (κ1) is 11.0. The van der Waals surface area contributed by atoms with E-state index in [0.29, 0.717) is 5.70 Å². The fourth-order valence-electron chi connectivity index (χ4n) is 3.39. The molecule has 0 saturated heterocycles. The average Bonchev–Trinajstić information content (AvgIpc) is 2.57. The minimum absolute atomic E-state index is 0.0382. The molecule has 2 aliphatic rings. The number of fused-ring (bicyclic) bond motifs is 1. The first-order valence-electron chi connectivity index (χ1n) is 5.10. The number of allylic oxidation sites excluding steroid dienone is 1. The van der Waals surface area contributed by atoms with E-state index in [2.05, 4.69) is 0 Å². The lowest BCUT2D eigenvalue weighted by atomic mass is 9.98. The predicted octanol–water partition coefficient (Wildman–Crippen LogP) is 1.30. The van der Waals surface area contributed by atoms with Crippen molar-refractivity contribution in [3.63, 3.8) is 0 Å². The van der Waals surface area contributed by atoms with Gasteiger partial charge in [-0.1, -0.05) is 19.4 Å². The molecule has 0 radical (unpaired) electrons. The molecular formula is C10H17NO3S. The summed E-state index contributed by atoms with van der Waals surface area (Å²) in [4.78, 5) is 0. The molecule has 86 valence electrons. The van der Waals surface area contributed by atoms with Gasteiger partial charge in [0.25, 0.3) is 10.1 Å². The Bertz CT molecular complexity index is 449. The van der Waals surface area contributed by atoms with E-state index in [1.54, 1.807) is 0 Å². The summed E-state index contributed by atoms with van der Waals surface area (Å²) in [7, 11) is -4.12. The average molecular weight is 231 g/mol. The minimum atomic E-state index is -4.12. The van der Waals surface area contributed by atoms with Gasteiger partial charge in [-0.25, -0.2) is 0 Å². The maximum absolute atomic E-state index is 11.6. The van der Waals surface area contributed by atoms with Crippen molar-refractivity contribution in [1.82, 2.24) is 0 Å². The Morgan fingerprint density at radius 2 is 2.00 bits per heavy atom. The Labute approximate surface area is 90.3 Å². The highest BCUT2D eigenvalue weighted by Gasteiger charge is 2.80. The topological polar surface area (TPSA) is 80.4 Å². The van der Waals surface area contributed by atoms with E-state index in [0.717, 1.165) is 18.4 Å². The van der Waals surface area contributed by atoms with Crippen molar-refractivity contribution in [3.8, 4) is 0 Å². The summed E-state index contributed by atoms with van der Waals surface area (Å²) in [6, 6.07) is 0. The second kappa shape index (κ2) is 2.58. The summed E-state index contributed by atoms with van der Waals surface area (Å²) in [5.41, 5.74) is 6.72. The van der Waals surface area contributed by atoms with Crippen molar-refractivity contribution in [2.45, 2.75) is 38.4 Å². The van der Waals surface area contributed by atoms with Gasteiger partial charge in [-0.05, 0) is 31.1 Å². The molecule has 0 heterocycles. The zero-order valence-corrected chi connectivity index (χ0v) is 10.1. The van der Waals surface area contributed by atoms with Crippen molar-refractivity contribution in [3.05, 3.63) is 11.3 Å². The number of nitrogens with two attached hydrogens (primary N) is 1. The molecule has 2 aliphatic carbocycles. The zero-order valence-electron chi connectivity index (χ0n) is 9.24. The van der Waals surface area contributed by atoms with Gasteiger partial charge < -0.3 is 5.73 Å². The van der Waals surface area contributed by atoms with Crippen molar-refractivity contribution < 1.29 is 13.0 Å². The third kappa shape index (κ3) is 0.979. The molecule has 0 aromatic rings. The second-order valence-electron chi connectivity index (χ2n) is 5.22. The zero-order chi connectivity index (χ0) is 11.6. The Kier molecular flexibility index (Phi) is 1.88. The fraction of sp³-hybridized carbons (Fsp3) is 0.800. The molecule has 0 bridgehead atoms. The molecule has 0 amide bonds. The molecule has 2 atom stereocenters.